The van der Waals surface area contributed by atoms with Gasteiger partial charge in [0.05, 0.1) is 6.42 Å². The minimum absolute atomic E-state index is 0.287. The van der Waals surface area contributed by atoms with Crippen molar-refractivity contribution in [1.29, 1.82) is 0 Å². The van der Waals surface area contributed by atoms with Gasteiger partial charge in [-0.1, -0.05) is 24.3 Å². The first-order valence-electron chi connectivity index (χ1n) is 7.87. The molecule has 1 radical (unpaired) electrons. The summed E-state index contributed by atoms with van der Waals surface area (Å²) in [6.45, 7) is 2.85. The number of rotatable bonds is 3. The molecule has 2 aliphatic heterocycles. The minimum atomic E-state index is 0.287. The normalized spacial score (nSPS) is 23.0. The highest BCUT2D eigenvalue weighted by Gasteiger charge is 2.23. The van der Waals surface area contributed by atoms with Crippen molar-refractivity contribution in [2.45, 2.75) is 44.6 Å². The van der Waals surface area contributed by atoms with Gasteiger partial charge in [-0.05, 0) is 43.2 Å². The molecule has 2 fully saturated rings. The van der Waals surface area contributed by atoms with E-state index in [4.69, 9.17) is 0 Å². The second-order valence-corrected chi connectivity index (χ2v) is 5.88. The van der Waals surface area contributed by atoms with Crippen LogP contribution >= 0.6 is 0 Å². The molecule has 2 heterocycles. The van der Waals surface area contributed by atoms with Gasteiger partial charge >= 0.3 is 0 Å². The number of piperidine rings is 1. The van der Waals surface area contributed by atoms with Crippen molar-refractivity contribution >= 4 is 5.91 Å². The van der Waals surface area contributed by atoms with Crippen molar-refractivity contribution in [3.63, 3.8) is 0 Å². The van der Waals surface area contributed by atoms with Gasteiger partial charge in [0.15, 0.2) is 0 Å². The Morgan fingerprint density at radius 2 is 1.95 bits per heavy atom. The molecule has 1 aromatic rings. The Kier molecular flexibility index (Phi) is 4.36. The zero-order chi connectivity index (χ0) is 13.8. The number of hydrogen-bond donors (Lipinski definition) is 0. The van der Waals surface area contributed by atoms with Crippen molar-refractivity contribution in [3.8, 4) is 0 Å². The Morgan fingerprint density at radius 3 is 2.70 bits per heavy atom. The third-order valence-corrected chi connectivity index (χ3v) is 4.45. The molecule has 1 atom stereocenters. The van der Waals surface area contributed by atoms with E-state index in [1.807, 2.05) is 11.0 Å². The molecule has 0 bridgehead atoms. The average Bonchev–Trinajstić information content (AvgIpc) is 3.03. The molecular weight excluding hydrogens is 248 g/mol. The molecule has 3 heteroatoms. The summed E-state index contributed by atoms with van der Waals surface area (Å²) >= 11 is 0. The largest absolute Gasteiger partial charge is 0.342 e. The maximum atomic E-state index is 12.4. The maximum absolute atomic E-state index is 12.4. The predicted octanol–water partition coefficient (Wildman–Crippen LogP) is 2.68. The summed E-state index contributed by atoms with van der Waals surface area (Å²) in [6.07, 6.45) is 6.44. The molecule has 3 rings (SSSR count). The first-order chi connectivity index (χ1) is 9.84. The first-order valence-corrected chi connectivity index (χ1v) is 7.87. The lowest BCUT2D eigenvalue weighted by Gasteiger charge is -2.27. The smallest absolute Gasteiger partial charge is 0.227 e. The van der Waals surface area contributed by atoms with E-state index < -0.39 is 0 Å². The van der Waals surface area contributed by atoms with Crippen LogP contribution in [0.3, 0.4) is 0 Å². The van der Waals surface area contributed by atoms with E-state index in [0.29, 0.717) is 12.5 Å². The van der Waals surface area contributed by atoms with Crippen LogP contribution in [0.15, 0.2) is 24.3 Å². The van der Waals surface area contributed by atoms with Gasteiger partial charge < -0.3 is 4.90 Å². The highest BCUT2D eigenvalue weighted by atomic mass is 16.2. The second-order valence-electron chi connectivity index (χ2n) is 5.88. The lowest BCUT2D eigenvalue weighted by molar-refractivity contribution is -0.131. The van der Waals surface area contributed by atoms with Gasteiger partial charge in [-0.2, -0.15) is 0 Å². The van der Waals surface area contributed by atoms with Gasteiger partial charge in [0.25, 0.3) is 0 Å². The average molecular weight is 271 g/mol. The summed E-state index contributed by atoms with van der Waals surface area (Å²) < 4.78 is 0. The van der Waals surface area contributed by atoms with E-state index in [2.05, 4.69) is 23.5 Å². The number of carbonyl (C=O) groups is 1. The second kappa shape index (κ2) is 6.40. The molecule has 2 saturated heterocycles. The number of benzene rings is 1. The summed E-state index contributed by atoms with van der Waals surface area (Å²) in [6, 6.07) is 8.68. The molecule has 1 unspecified atom stereocenters. The maximum Gasteiger partial charge on any atom is 0.227 e. The SMILES string of the molecule is O=C(Cc1ccccc1C1CCC[N]1)N1CCCCC1. The molecule has 0 spiro atoms. The van der Waals surface area contributed by atoms with E-state index in [1.165, 1.54) is 24.0 Å². The molecule has 2 aliphatic rings. The van der Waals surface area contributed by atoms with E-state index in [-0.39, 0.29) is 5.91 Å². The number of carbonyl (C=O) groups excluding carboxylic acids is 1. The molecule has 0 aliphatic carbocycles. The standard InChI is InChI=1S/C17H23N2O/c20-17(19-11-4-1-5-12-19)13-14-7-2-3-8-15(14)16-9-6-10-18-16/h2-3,7-8,16H,1,4-6,9-13H2. The topological polar surface area (TPSA) is 34.4 Å². The molecule has 20 heavy (non-hydrogen) atoms. The zero-order valence-electron chi connectivity index (χ0n) is 12.1. The molecule has 1 amide bonds. The van der Waals surface area contributed by atoms with Gasteiger partial charge in [-0.3, -0.25) is 4.79 Å². The quantitative estimate of drug-likeness (QED) is 0.832. The fraction of sp³-hybridized carbons (Fsp3) is 0.588. The molecule has 0 aromatic heterocycles. The number of hydrogen-bond acceptors (Lipinski definition) is 1. The van der Waals surface area contributed by atoms with Gasteiger partial charge in [0.1, 0.15) is 0 Å². The fourth-order valence-corrected chi connectivity index (χ4v) is 3.32. The Hall–Kier alpha value is -1.35. The first kappa shape index (κ1) is 13.6. The van der Waals surface area contributed by atoms with Crippen LogP contribution in [-0.2, 0) is 11.2 Å². The van der Waals surface area contributed by atoms with Crippen LogP contribution in [0, 0.1) is 0 Å². The van der Waals surface area contributed by atoms with Crippen LogP contribution in [0.1, 0.15) is 49.3 Å². The molecular formula is C17H23N2O. The van der Waals surface area contributed by atoms with Crippen molar-refractivity contribution in [2.24, 2.45) is 0 Å². The predicted molar refractivity (Wildman–Crippen MR) is 79.6 cm³/mol. The highest BCUT2D eigenvalue weighted by molar-refractivity contribution is 5.79. The number of likely N-dealkylation sites (tertiary alicyclic amines) is 1. The molecule has 0 saturated carbocycles. The van der Waals surface area contributed by atoms with E-state index in [0.717, 1.165) is 38.9 Å². The Balaban J connectivity index is 1.71. The van der Waals surface area contributed by atoms with Gasteiger partial charge in [-0.15, -0.1) is 0 Å². The lowest BCUT2D eigenvalue weighted by Crippen LogP contribution is -2.36. The summed E-state index contributed by atoms with van der Waals surface area (Å²) in [5.74, 6) is 0.287. The summed E-state index contributed by atoms with van der Waals surface area (Å²) in [5, 5.41) is 4.66. The van der Waals surface area contributed by atoms with E-state index in [9.17, 15) is 4.79 Å². The number of nitrogens with zero attached hydrogens (tertiary/aromatic N) is 2. The highest BCUT2D eigenvalue weighted by Crippen LogP contribution is 2.28. The molecule has 3 nitrogen and oxygen atoms in total. The van der Waals surface area contributed by atoms with Crippen LogP contribution in [0.5, 0.6) is 0 Å². The lowest BCUT2D eigenvalue weighted by atomic mass is 9.96. The third kappa shape index (κ3) is 3.04. The minimum Gasteiger partial charge on any atom is -0.342 e. The van der Waals surface area contributed by atoms with Gasteiger partial charge in [0.2, 0.25) is 5.91 Å². The van der Waals surface area contributed by atoms with E-state index >= 15 is 0 Å². The fourth-order valence-electron chi connectivity index (χ4n) is 3.32. The van der Waals surface area contributed by atoms with Crippen molar-refractivity contribution in [1.82, 2.24) is 10.2 Å². The van der Waals surface area contributed by atoms with E-state index in [1.54, 1.807) is 0 Å². The summed E-state index contributed by atoms with van der Waals surface area (Å²) in [4.78, 5) is 14.5. The number of amides is 1. The van der Waals surface area contributed by atoms with Crippen LogP contribution in [0.25, 0.3) is 0 Å². The van der Waals surface area contributed by atoms with Crippen LogP contribution in [0.4, 0.5) is 0 Å². The third-order valence-electron chi connectivity index (χ3n) is 4.45. The van der Waals surface area contributed by atoms with Crippen molar-refractivity contribution in [2.75, 3.05) is 19.6 Å². The van der Waals surface area contributed by atoms with Crippen LogP contribution < -0.4 is 5.32 Å². The summed E-state index contributed by atoms with van der Waals surface area (Å²) in [7, 11) is 0. The van der Waals surface area contributed by atoms with Crippen LogP contribution in [-0.4, -0.2) is 30.4 Å². The molecule has 0 N–H and O–H groups in total. The van der Waals surface area contributed by atoms with Crippen molar-refractivity contribution in [3.05, 3.63) is 35.4 Å². The van der Waals surface area contributed by atoms with Gasteiger partial charge in [0, 0.05) is 25.7 Å². The van der Waals surface area contributed by atoms with Crippen LogP contribution in [0.2, 0.25) is 0 Å². The summed E-state index contributed by atoms with van der Waals surface area (Å²) in [5.41, 5.74) is 2.45. The Labute approximate surface area is 121 Å². The van der Waals surface area contributed by atoms with Gasteiger partial charge in [-0.25, -0.2) is 5.32 Å². The molecule has 107 valence electrons. The Bertz CT molecular complexity index is 460. The monoisotopic (exact) mass is 271 g/mol. The Morgan fingerprint density at radius 1 is 1.15 bits per heavy atom. The van der Waals surface area contributed by atoms with Crippen molar-refractivity contribution < 1.29 is 4.79 Å². The molecule has 1 aromatic carbocycles. The zero-order valence-corrected chi connectivity index (χ0v) is 12.1.